The van der Waals surface area contributed by atoms with Gasteiger partial charge in [0.25, 0.3) is 0 Å². The van der Waals surface area contributed by atoms with Crippen LogP contribution in [0.5, 0.6) is 0 Å². The molecule has 0 spiro atoms. The molecule has 0 amide bonds. The average Bonchev–Trinajstić information content (AvgIpc) is 3.24. The second-order valence-electron chi connectivity index (χ2n) is 9.55. The van der Waals surface area contributed by atoms with Crippen molar-refractivity contribution in [3.63, 3.8) is 0 Å². The standard InChI is InChI=1S/C33H33BrO4/c34-28-13-14-30-29-3-1-2-4-31(29)33(32(30)23-28,26-9-5-24(6-10-26)15-19-37-21-17-35)27-11-7-25(8-12-27)16-20-38-22-18-36/h1-14,23,35-36H,15-22H2. The Hall–Kier alpha value is -2.80. The van der Waals surface area contributed by atoms with E-state index in [1.165, 1.54) is 44.5 Å². The van der Waals surface area contributed by atoms with Crippen molar-refractivity contribution in [2.45, 2.75) is 18.3 Å². The molecule has 0 atom stereocenters. The van der Waals surface area contributed by atoms with Gasteiger partial charge in [-0.05, 0) is 69.5 Å². The number of halogens is 1. The summed E-state index contributed by atoms with van der Waals surface area (Å²) >= 11 is 3.75. The normalized spacial score (nSPS) is 13.3. The largest absolute Gasteiger partial charge is 0.394 e. The van der Waals surface area contributed by atoms with Crippen LogP contribution in [0.25, 0.3) is 11.1 Å². The third kappa shape index (κ3) is 5.22. The van der Waals surface area contributed by atoms with Gasteiger partial charge in [-0.1, -0.05) is 94.8 Å². The summed E-state index contributed by atoms with van der Waals surface area (Å²) in [7, 11) is 0. The lowest BCUT2D eigenvalue weighted by atomic mass is 9.67. The Morgan fingerprint density at radius 3 is 1.66 bits per heavy atom. The maximum absolute atomic E-state index is 8.98. The highest BCUT2D eigenvalue weighted by atomic mass is 79.9. The summed E-state index contributed by atoms with van der Waals surface area (Å²) in [5.74, 6) is 0. The third-order valence-corrected chi connectivity index (χ3v) is 7.82. The maximum Gasteiger partial charge on any atom is 0.0713 e. The zero-order chi connectivity index (χ0) is 26.4. The van der Waals surface area contributed by atoms with Crippen LogP contribution in [0.2, 0.25) is 0 Å². The van der Waals surface area contributed by atoms with Crippen LogP contribution in [0.15, 0.2) is 95.5 Å². The molecule has 0 radical (unpaired) electrons. The molecule has 0 saturated carbocycles. The van der Waals surface area contributed by atoms with Gasteiger partial charge in [-0.2, -0.15) is 0 Å². The summed E-state index contributed by atoms with van der Waals surface area (Å²) in [6.45, 7) is 2.01. The monoisotopic (exact) mass is 572 g/mol. The van der Waals surface area contributed by atoms with E-state index in [4.69, 9.17) is 19.7 Å². The van der Waals surface area contributed by atoms with Crippen LogP contribution in [0.4, 0.5) is 0 Å². The Kier molecular flexibility index (Phi) is 8.72. The van der Waals surface area contributed by atoms with Crippen LogP contribution in [0.1, 0.15) is 33.4 Å². The van der Waals surface area contributed by atoms with Crippen molar-refractivity contribution in [2.75, 3.05) is 39.6 Å². The number of hydrogen-bond donors (Lipinski definition) is 2. The molecule has 0 aromatic heterocycles. The molecule has 1 aliphatic carbocycles. The first-order chi connectivity index (χ1) is 18.7. The zero-order valence-electron chi connectivity index (χ0n) is 21.4. The fourth-order valence-corrected chi connectivity index (χ4v) is 5.96. The van der Waals surface area contributed by atoms with Gasteiger partial charge >= 0.3 is 0 Å². The first-order valence-corrected chi connectivity index (χ1v) is 13.9. The van der Waals surface area contributed by atoms with Crippen LogP contribution in [0.3, 0.4) is 0 Å². The van der Waals surface area contributed by atoms with E-state index in [0.717, 1.165) is 17.3 Å². The molecule has 196 valence electrons. The second kappa shape index (κ2) is 12.4. The van der Waals surface area contributed by atoms with E-state index in [2.05, 4.69) is 107 Å². The molecule has 0 fully saturated rings. The van der Waals surface area contributed by atoms with Gasteiger partial charge in [0.05, 0.1) is 45.1 Å². The van der Waals surface area contributed by atoms with E-state index in [-0.39, 0.29) is 13.2 Å². The Balaban J connectivity index is 1.59. The molecule has 4 aromatic rings. The number of hydrogen-bond acceptors (Lipinski definition) is 4. The molecular formula is C33H33BrO4. The summed E-state index contributed by atoms with van der Waals surface area (Å²) in [5, 5.41) is 18.0. The van der Waals surface area contributed by atoms with E-state index in [1.54, 1.807) is 0 Å². The highest BCUT2D eigenvalue weighted by Crippen LogP contribution is 2.56. The average molecular weight is 574 g/mol. The molecule has 38 heavy (non-hydrogen) atoms. The van der Waals surface area contributed by atoms with Crippen LogP contribution in [-0.2, 0) is 27.7 Å². The quantitative estimate of drug-likeness (QED) is 0.182. The lowest BCUT2D eigenvalue weighted by Crippen LogP contribution is -2.28. The third-order valence-electron chi connectivity index (χ3n) is 7.32. The number of rotatable bonds is 12. The molecule has 0 saturated heterocycles. The highest BCUT2D eigenvalue weighted by molar-refractivity contribution is 9.10. The molecule has 4 aromatic carbocycles. The van der Waals surface area contributed by atoms with E-state index in [1.807, 2.05) is 0 Å². The van der Waals surface area contributed by atoms with Crippen molar-refractivity contribution in [1.82, 2.24) is 0 Å². The predicted octanol–water partition coefficient (Wildman–Crippen LogP) is 5.92. The molecular weight excluding hydrogens is 540 g/mol. The van der Waals surface area contributed by atoms with Crippen LogP contribution >= 0.6 is 15.9 Å². The Bertz CT molecular complexity index is 1290. The minimum absolute atomic E-state index is 0.0459. The van der Waals surface area contributed by atoms with E-state index in [9.17, 15) is 0 Å². The minimum Gasteiger partial charge on any atom is -0.394 e. The topological polar surface area (TPSA) is 58.9 Å². The first kappa shape index (κ1) is 26.8. The molecule has 4 nitrogen and oxygen atoms in total. The van der Waals surface area contributed by atoms with Gasteiger partial charge in [-0.25, -0.2) is 0 Å². The molecule has 0 bridgehead atoms. The van der Waals surface area contributed by atoms with Gasteiger partial charge in [-0.3, -0.25) is 0 Å². The number of benzene rings is 4. The van der Waals surface area contributed by atoms with Crippen LogP contribution in [-0.4, -0.2) is 49.9 Å². The van der Waals surface area contributed by atoms with E-state index in [0.29, 0.717) is 26.4 Å². The predicted molar refractivity (Wildman–Crippen MR) is 155 cm³/mol. The summed E-state index contributed by atoms with van der Waals surface area (Å²) < 4.78 is 12.0. The molecule has 0 aliphatic heterocycles. The van der Waals surface area contributed by atoms with Crippen molar-refractivity contribution in [3.05, 3.63) is 129 Å². The summed E-state index contributed by atoms with van der Waals surface area (Å²) in [5.41, 5.74) is 9.48. The van der Waals surface area contributed by atoms with Crippen molar-refractivity contribution in [3.8, 4) is 11.1 Å². The lowest BCUT2D eigenvalue weighted by Gasteiger charge is -2.34. The molecule has 0 unspecified atom stereocenters. The molecule has 0 heterocycles. The van der Waals surface area contributed by atoms with Crippen molar-refractivity contribution >= 4 is 15.9 Å². The van der Waals surface area contributed by atoms with Gasteiger partial charge in [0.2, 0.25) is 0 Å². The van der Waals surface area contributed by atoms with Gasteiger partial charge in [0.1, 0.15) is 0 Å². The Morgan fingerprint density at radius 1 is 0.579 bits per heavy atom. The molecule has 1 aliphatic rings. The van der Waals surface area contributed by atoms with Gasteiger partial charge in [-0.15, -0.1) is 0 Å². The van der Waals surface area contributed by atoms with Crippen LogP contribution < -0.4 is 0 Å². The number of aliphatic hydroxyl groups excluding tert-OH is 2. The number of fused-ring (bicyclic) bond motifs is 3. The first-order valence-electron chi connectivity index (χ1n) is 13.1. The highest BCUT2D eigenvalue weighted by Gasteiger charge is 2.46. The molecule has 5 rings (SSSR count). The fourth-order valence-electron chi connectivity index (χ4n) is 5.60. The van der Waals surface area contributed by atoms with E-state index < -0.39 is 5.41 Å². The van der Waals surface area contributed by atoms with Gasteiger partial charge in [0.15, 0.2) is 0 Å². The summed E-state index contributed by atoms with van der Waals surface area (Å²) in [6, 6.07) is 33.2. The fraction of sp³-hybridized carbons (Fsp3) is 0.273. The van der Waals surface area contributed by atoms with E-state index >= 15 is 0 Å². The van der Waals surface area contributed by atoms with Crippen molar-refractivity contribution in [2.24, 2.45) is 0 Å². The zero-order valence-corrected chi connectivity index (χ0v) is 23.0. The molecule has 2 N–H and O–H groups in total. The summed E-state index contributed by atoms with van der Waals surface area (Å²) in [4.78, 5) is 0. The smallest absolute Gasteiger partial charge is 0.0713 e. The van der Waals surface area contributed by atoms with Gasteiger partial charge in [0, 0.05) is 4.47 Å². The van der Waals surface area contributed by atoms with Crippen molar-refractivity contribution in [1.29, 1.82) is 0 Å². The Morgan fingerprint density at radius 2 is 1.11 bits per heavy atom. The van der Waals surface area contributed by atoms with Crippen LogP contribution in [0, 0.1) is 0 Å². The second-order valence-corrected chi connectivity index (χ2v) is 10.5. The summed E-state index contributed by atoms with van der Waals surface area (Å²) in [6.07, 6.45) is 1.61. The Labute approximate surface area is 233 Å². The van der Waals surface area contributed by atoms with Gasteiger partial charge < -0.3 is 19.7 Å². The maximum atomic E-state index is 8.98. The number of aliphatic hydroxyl groups is 2. The molecule has 5 heteroatoms. The van der Waals surface area contributed by atoms with Crippen molar-refractivity contribution < 1.29 is 19.7 Å². The SMILES string of the molecule is OCCOCCc1ccc(C2(c3ccc(CCOCCO)cc3)c3ccccc3-c3ccc(Br)cc32)cc1. The minimum atomic E-state index is -0.451. The lowest BCUT2D eigenvalue weighted by molar-refractivity contribution is 0.0944. The number of ether oxygens (including phenoxy) is 2.